The van der Waals surface area contributed by atoms with Crippen molar-refractivity contribution < 1.29 is 8.78 Å². The molecule has 0 atom stereocenters. The van der Waals surface area contributed by atoms with Crippen LogP contribution in [0.5, 0.6) is 0 Å². The number of hydrogen-bond donors (Lipinski definition) is 0. The minimum absolute atomic E-state index is 0.643. The molecule has 0 unspecified atom stereocenters. The highest BCUT2D eigenvalue weighted by molar-refractivity contribution is 6.30. The molecule has 2 aromatic rings. The highest BCUT2D eigenvalue weighted by Crippen LogP contribution is 2.25. The van der Waals surface area contributed by atoms with Gasteiger partial charge < -0.3 is 4.90 Å². The molecule has 0 amide bonds. The number of anilines is 1. The van der Waals surface area contributed by atoms with Crippen LogP contribution in [0, 0.1) is 18.6 Å². The molecule has 1 aliphatic heterocycles. The summed E-state index contributed by atoms with van der Waals surface area (Å²) in [6.45, 7) is 6.31. The average molecular weight is 337 g/mol. The van der Waals surface area contributed by atoms with Crippen LogP contribution in [0.25, 0.3) is 0 Å². The smallest absolute Gasteiger partial charge is 0.159 e. The molecule has 0 bridgehead atoms. The van der Waals surface area contributed by atoms with E-state index in [1.807, 2.05) is 12.1 Å². The zero-order chi connectivity index (χ0) is 16.4. The van der Waals surface area contributed by atoms with E-state index in [0.29, 0.717) is 6.54 Å². The minimum Gasteiger partial charge on any atom is -0.369 e. The summed E-state index contributed by atoms with van der Waals surface area (Å²) in [6, 6.07) is 10.1. The molecule has 0 aliphatic carbocycles. The maximum Gasteiger partial charge on any atom is 0.159 e. The van der Waals surface area contributed by atoms with Gasteiger partial charge in [-0.05, 0) is 48.4 Å². The highest BCUT2D eigenvalue weighted by atomic mass is 35.5. The summed E-state index contributed by atoms with van der Waals surface area (Å²) in [7, 11) is 0. The first-order chi connectivity index (χ1) is 11.0. The molecular weight excluding hydrogens is 318 g/mol. The van der Waals surface area contributed by atoms with E-state index < -0.39 is 11.6 Å². The van der Waals surface area contributed by atoms with Gasteiger partial charge >= 0.3 is 0 Å². The first kappa shape index (κ1) is 16.2. The number of nitrogens with zero attached hydrogens (tertiary/aromatic N) is 2. The van der Waals surface area contributed by atoms with Gasteiger partial charge in [-0.15, -0.1) is 0 Å². The fourth-order valence-electron chi connectivity index (χ4n) is 3.02. The third-order valence-electron chi connectivity index (χ3n) is 4.26. The number of benzene rings is 2. The van der Waals surface area contributed by atoms with E-state index in [2.05, 4.69) is 22.8 Å². The van der Waals surface area contributed by atoms with Crippen LogP contribution in [-0.2, 0) is 6.54 Å². The fourth-order valence-corrected chi connectivity index (χ4v) is 3.24. The molecule has 122 valence electrons. The van der Waals surface area contributed by atoms with Crippen LogP contribution in [0.1, 0.15) is 11.1 Å². The van der Waals surface area contributed by atoms with Crippen molar-refractivity contribution in [2.75, 3.05) is 31.1 Å². The van der Waals surface area contributed by atoms with E-state index in [9.17, 15) is 8.78 Å². The van der Waals surface area contributed by atoms with Crippen molar-refractivity contribution in [1.29, 1.82) is 0 Å². The molecule has 1 saturated heterocycles. The van der Waals surface area contributed by atoms with Crippen molar-refractivity contribution in [2.24, 2.45) is 0 Å². The monoisotopic (exact) mass is 336 g/mol. The van der Waals surface area contributed by atoms with Gasteiger partial charge in [-0.2, -0.15) is 0 Å². The molecule has 3 rings (SSSR count). The van der Waals surface area contributed by atoms with Gasteiger partial charge in [0.2, 0.25) is 0 Å². The second kappa shape index (κ2) is 6.85. The van der Waals surface area contributed by atoms with Crippen LogP contribution in [-0.4, -0.2) is 31.1 Å². The Kier molecular flexibility index (Phi) is 4.83. The van der Waals surface area contributed by atoms with Gasteiger partial charge in [-0.3, -0.25) is 4.90 Å². The molecule has 1 heterocycles. The number of aryl methyl sites for hydroxylation is 1. The Morgan fingerprint density at radius 1 is 0.957 bits per heavy atom. The zero-order valence-electron chi connectivity index (χ0n) is 13.0. The van der Waals surface area contributed by atoms with E-state index in [1.165, 1.54) is 23.4 Å². The maximum atomic E-state index is 13.3. The lowest BCUT2D eigenvalue weighted by atomic mass is 10.1. The van der Waals surface area contributed by atoms with Crippen LogP contribution in [0.15, 0.2) is 36.4 Å². The number of piperazine rings is 1. The SMILES string of the molecule is Cc1cc(Cl)ccc1N1CCN(Cc2ccc(F)c(F)c2)CC1. The molecule has 2 aromatic carbocycles. The van der Waals surface area contributed by atoms with Crippen molar-refractivity contribution in [3.05, 3.63) is 64.2 Å². The second-order valence-electron chi connectivity index (χ2n) is 5.94. The summed E-state index contributed by atoms with van der Waals surface area (Å²) in [5.74, 6) is -1.57. The molecule has 0 saturated carbocycles. The van der Waals surface area contributed by atoms with Gasteiger partial charge in [0.25, 0.3) is 0 Å². The predicted octanol–water partition coefficient (Wildman–Crippen LogP) is 4.25. The number of hydrogen-bond acceptors (Lipinski definition) is 2. The topological polar surface area (TPSA) is 6.48 Å². The summed E-state index contributed by atoms with van der Waals surface area (Å²) in [4.78, 5) is 4.60. The van der Waals surface area contributed by atoms with E-state index in [0.717, 1.165) is 36.8 Å². The van der Waals surface area contributed by atoms with Crippen molar-refractivity contribution in [3.63, 3.8) is 0 Å². The molecule has 0 aromatic heterocycles. The first-order valence-electron chi connectivity index (χ1n) is 7.70. The number of halogens is 3. The standard InChI is InChI=1S/C18H19ClF2N2/c1-13-10-15(19)3-5-18(13)23-8-6-22(7-9-23)12-14-2-4-16(20)17(21)11-14/h2-5,10-11H,6-9,12H2,1H3. The number of rotatable bonds is 3. The lowest BCUT2D eigenvalue weighted by Gasteiger charge is -2.36. The quantitative estimate of drug-likeness (QED) is 0.826. The Labute approximate surface area is 140 Å². The van der Waals surface area contributed by atoms with Gasteiger partial charge in [0.1, 0.15) is 0 Å². The Morgan fingerprint density at radius 2 is 1.70 bits per heavy atom. The van der Waals surface area contributed by atoms with Crippen LogP contribution >= 0.6 is 11.6 Å². The summed E-state index contributed by atoms with van der Waals surface area (Å²) >= 11 is 6.01. The minimum atomic E-state index is -0.795. The van der Waals surface area contributed by atoms with E-state index in [1.54, 1.807) is 6.07 Å². The second-order valence-corrected chi connectivity index (χ2v) is 6.38. The van der Waals surface area contributed by atoms with E-state index >= 15 is 0 Å². The van der Waals surface area contributed by atoms with Gasteiger partial charge in [0.05, 0.1) is 0 Å². The van der Waals surface area contributed by atoms with Crippen molar-refractivity contribution in [3.8, 4) is 0 Å². The molecular formula is C18H19ClF2N2. The van der Waals surface area contributed by atoms with Crippen molar-refractivity contribution >= 4 is 17.3 Å². The third-order valence-corrected chi connectivity index (χ3v) is 4.50. The first-order valence-corrected chi connectivity index (χ1v) is 8.08. The summed E-state index contributed by atoms with van der Waals surface area (Å²) < 4.78 is 26.3. The third kappa shape index (κ3) is 3.82. The lowest BCUT2D eigenvalue weighted by molar-refractivity contribution is 0.249. The molecule has 0 radical (unpaired) electrons. The Balaban J connectivity index is 1.60. The fraction of sp³-hybridized carbons (Fsp3) is 0.333. The Bertz CT molecular complexity index is 697. The normalized spacial score (nSPS) is 15.9. The van der Waals surface area contributed by atoms with Gasteiger partial charge in [-0.25, -0.2) is 8.78 Å². The molecule has 23 heavy (non-hydrogen) atoms. The van der Waals surface area contributed by atoms with Crippen molar-refractivity contribution in [2.45, 2.75) is 13.5 Å². The average Bonchev–Trinajstić information content (AvgIpc) is 2.52. The van der Waals surface area contributed by atoms with Crippen LogP contribution in [0.2, 0.25) is 5.02 Å². The Hall–Kier alpha value is -1.65. The van der Waals surface area contributed by atoms with Gasteiger partial charge in [0, 0.05) is 43.4 Å². The predicted molar refractivity (Wildman–Crippen MR) is 90.0 cm³/mol. The van der Waals surface area contributed by atoms with Crippen molar-refractivity contribution in [1.82, 2.24) is 4.90 Å². The van der Waals surface area contributed by atoms with Crippen LogP contribution in [0.3, 0.4) is 0 Å². The van der Waals surface area contributed by atoms with Crippen LogP contribution < -0.4 is 4.90 Å². The summed E-state index contributed by atoms with van der Waals surface area (Å²) in [6.07, 6.45) is 0. The van der Waals surface area contributed by atoms with Crippen LogP contribution in [0.4, 0.5) is 14.5 Å². The van der Waals surface area contributed by atoms with Gasteiger partial charge in [-0.1, -0.05) is 17.7 Å². The van der Waals surface area contributed by atoms with E-state index in [4.69, 9.17) is 11.6 Å². The molecule has 5 heteroatoms. The molecule has 1 aliphatic rings. The summed E-state index contributed by atoms with van der Waals surface area (Å²) in [5.41, 5.74) is 3.19. The molecule has 0 N–H and O–H groups in total. The molecule has 0 spiro atoms. The zero-order valence-corrected chi connectivity index (χ0v) is 13.8. The Morgan fingerprint density at radius 3 is 2.35 bits per heavy atom. The lowest BCUT2D eigenvalue weighted by Crippen LogP contribution is -2.46. The molecule has 1 fully saturated rings. The van der Waals surface area contributed by atoms with E-state index in [-0.39, 0.29) is 0 Å². The highest BCUT2D eigenvalue weighted by Gasteiger charge is 2.19. The van der Waals surface area contributed by atoms with Gasteiger partial charge in [0.15, 0.2) is 11.6 Å². The maximum absolute atomic E-state index is 13.3. The molecule has 2 nitrogen and oxygen atoms in total. The summed E-state index contributed by atoms with van der Waals surface area (Å²) in [5, 5.41) is 0.753. The largest absolute Gasteiger partial charge is 0.369 e.